The minimum atomic E-state index is -4.63. The molecule has 0 atom stereocenters. The maximum absolute atomic E-state index is 13.5. The number of amides is 1. The highest BCUT2D eigenvalue weighted by atomic mass is 19.4. The van der Waals surface area contributed by atoms with Gasteiger partial charge in [-0.05, 0) is 49.1 Å². The summed E-state index contributed by atoms with van der Waals surface area (Å²) in [7, 11) is 0.916. The third-order valence-corrected chi connectivity index (χ3v) is 5.69. The molecular formula is C21H19F6N5O2. The van der Waals surface area contributed by atoms with Crippen LogP contribution in [0.15, 0.2) is 28.8 Å². The highest BCUT2D eigenvalue weighted by Gasteiger charge is 2.51. The third kappa shape index (κ3) is 4.64. The van der Waals surface area contributed by atoms with Gasteiger partial charge in [-0.25, -0.2) is 13.2 Å². The molecule has 182 valence electrons. The van der Waals surface area contributed by atoms with Crippen LogP contribution in [0.4, 0.5) is 26.3 Å². The molecule has 0 radical (unpaired) electrons. The van der Waals surface area contributed by atoms with Crippen LogP contribution in [0.2, 0.25) is 0 Å². The summed E-state index contributed by atoms with van der Waals surface area (Å²) in [4.78, 5) is 16.8. The van der Waals surface area contributed by atoms with Crippen molar-refractivity contribution in [2.24, 2.45) is 0 Å². The molecule has 1 aliphatic rings. The van der Waals surface area contributed by atoms with E-state index in [0.717, 1.165) is 18.7 Å². The monoisotopic (exact) mass is 487 g/mol. The summed E-state index contributed by atoms with van der Waals surface area (Å²) in [6.07, 6.45) is -6.33. The maximum Gasteiger partial charge on any atom is 0.406 e. The largest absolute Gasteiger partial charge is 0.406 e. The number of nitrogens with zero attached hydrogens (tertiary/aromatic N) is 5. The molecule has 0 unspecified atom stereocenters. The zero-order chi connectivity index (χ0) is 24.8. The van der Waals surface area contributed by atoms with E-state index in [2.05, 4.69) is 15.2 Å². The lowest BCUT2D eigenvalue weighted by Gasteiger charge is -2.19. The van der Waals surface area contributed by atoms with E-state index < -0.39 is 42.7 Å². The molecule has 13 heteroatoms. The van der Waals surface area contributed by atoms with Crippen LogP contribution in [-0.2, 0) is 16.8 Å². The van der Waals surface area contributed by atoms with E-state index in [4.69, 9.17) is 4.52 Å². The fourth-order valence-electron chi connectivity index (χ4n) is 3.87. The average molecular weight is 487 g/mol. The Morgan fingerprint density at radius 1 is 1.26 bits per heavy atom. The Labute approximate surface area is 189 Å². The molecule has 2 aromatic heterocycles. The summed E-state index contributed by atoms with van der Waals surface area (Å²) in [6, 6.07) is 5.30. The summed E-state index contributed by atoms with van der Waals surface area (Å²) in [5.74, 6) is -1.33. The van der Waals surface area contributed by atoms with Gasteiger partial charge >= 0.3 is 6.18 Å². The number of halogens is 6. The first-order valence-electron chi connectivity index (χ1n) is 10.2. The summed E-state index contributed by atoms with van der Waals surface area (Å²) >= 11 is 0. The fourth-order valence-corrected chi connectivity index (χ4v) is 3.87. The molecule has 7 nitrogen and oxygen atoms in total. The van der Waals surface area contributed by atoms with E-state index in [1.807, 2.05) is 0 Å². The molecule has 0 saturated heterocycles. The van der Waals surface area contributed by atoms with E-state index in [1.54, 1.807) is 13.0 Å². The van der Waals surface area contributed by atoms with Crippen molar-refractivity contribution in [3.8, 4) is 11.6 Å². The Morgan fingerprint density at radius 2 is 1.97 bits per heavy atom. The number of carbonyl (C=O) groups is 1. The average Bonchev–Trinajstić information content (AvgIpc) is 3.17. The lowest BCUT2D eigenvalue weighted by atomic mass is 9.91. The predicted molar refractivity (Wildman–Crippen MR) is 105 cm³/mol. The fraction of sp³-hybridized carbons (Fsp3) is 0.429. The standard InChI is InChI=1S/C21H19F6N5O2/c1-11-7-12(22)3-4-13(11)20(5-6-20)19-28-18(34-30-19)14-8-15(17(23)24)32(29-14)9-16(33)31(2)10-21(25,26)27/h3-4,7-8,17H,5-6,9-10H2,1-2H3. The van der Waals surface area contributed by atoms with E-state index >= 15 is 0 Å². The minimum Gasteiger partial charge on any atom is -0.335 e. The summed E-state index contributed by atoms with van der Waals surface area (Å²) in [5.41, 5.74) is 0.100. The van der Waals surface area contributed by atoms with E-state index in [0.29, 0.717) is 28.0 Å². The number of alkyl halides is 5. The van der Waals surface area contributed by atoms with Gasteiger partial charge in [0.2, 0.25) is 5.91 Å². The Kier molecular flexibility index (Phi) is 5.90. The molecule has 0 aliphatic heterocycles. The maximum atomic E-state index is 13.5. The van der Waals surface area contributed by atoms with Crippen molar-refractivity contribution in [2.75, 3.05) is 13.6 Å². The Morgan fingerprint density at radius 3 is 2.56 bits per heavy atom. The molecule has 0 spiro atoms. The lowest BCUT2D eigenvalue weighted by Crippen LogP contribution is -2.38. The summed E-state index contributed by atoms with van der Waals surface area (Å²) in [5, 5.41) is 7.86. The first kappa shape index (κ1) is 23.8. The van der Waals surface area contributed by atoms with Crippen LogP contribution in [0.25, 0.3) is 11.6 Å². The van der Waals surface area contributed by atoms with E-state index in [9.17, 15) is 31.1 Å². The first-order chi connectivity index (χ1) is 15.9. The van der Waals surface area contributed by atoms with Crippen molar-refractivity contribution >= 4 is 5.91 Å². The Balaban J connectivity index is 1.60. The van der Waals surface area contributed by atoms with Crippen molar-refractivity contribution in [3.05, 3.63) is 52.7 Å². The number of hydrogen-bond acceptors (Lipinski definition) is 5. The Hall–Kier alpha value is -3.38. The van der Waals surface area contributed by atoms with Gasteiger partial charge in [-0.1, -0.05) is 11.2 Å². The second kappa shape index (κ2) is 8.44. The van der Waals surface area contributed by atoms with E-state index in [-0.39, 0.29) is 23.2 Å². The molecule has 1 saturated carbocycles. The number of carbonyl (C=O) groups excluding carboxylic acids is 1. The number of likely N-dealkylation sites (N-methyl/N-ethyl adjacent to an activating group) is 1. The summed E-state index contributed by atoms with van der Waals surface area (Å²) < 4.78 is 84.0. The molecule has 3 aromatic rings. The summed E-state index contributed by atoms with van der Waals surface area (Å²) in [6.45, 7) is -0.600. The zero-order valence-electron chi connectivity index (χ0n) is 18.0. The minimum absolute atomic E-state index is 0.146. The van der Waals surface area contributed by atoms with Crippen LogP contribution in [0.5, 0.6) is 0 Å². The van der Waals surface area contributed by atoms with Crippen molar-refractivity contribution in [3.63, 3.8) is 0 Å². The molecule has 0 bridgehead atoms. The van der Waals surface area contributed by atoms with Crippen molar-refractivity contribution in [1.82, 2.24) is 24.8 Å². The van der Waals surface area contributed by atoms with Gasteiger partial charge < -0.3 is 9.42 Å². The van der Waals surface area contributed by atoms with Gasteiger partial charge in [-0.15, -0.1) is 0 Å². The molecule has 2 heterocycles. The number of rotatable bonds is 7. The number of benzene rings is 1. The van der Waals surface area contributed by atoms with Gasteiger partial charge in [0.15, 0.2) is 11.5 Å². The van der Waals surface area contributed by atoms with Crippen molar-refractivity contribution in [2.45, 2.75) is 44.3 Å². The van der Waals surface area contributed by atoms with Crippen LogP contribution < -0.4 is 0 Å². The van der Waals surface area contributed by atoms with Gasteiger partial charge in [0.25, 0.3) is 12.3 Å². The second-order valence-corrected chi connectivity index (χ2v) is 8.24. The molecule has 1 fully saturated rings. The predicted octanol–water partition coefficient (Wildman–Crippen LogP) is 4.42. The molecule has 34 heavy (non-hydrogen) atoms. The van der Waals surface area contributed by atoms with Crippen molar-refractivity contribution < 1.29 is 35.7 Å². The van der Waals surface area contributed by atoms with Gasteiger partial charge in [-0.2, -0.15) is 23.3 Å². The number of hydrogen-bond donors (Lipinski definition) is 0. The molecule has 0 N–H and O–H groups in total. The number of aromatic nitrogens is 4. The van der Waals surface area contributed by atoms with Crippen LogP contribution >= 0.6 is 0 Å². The normalized spacial score (nSPS) is 15.1. The molecule has 4 rings (SSSR count). The van der Waals surface area contributed by atoms with Crippen LogP contribution in [0.3, 0.4) is 0 Å². The molecule has 1 aliphatic carbocycles. The smallest absolute Gasteiger partial charge is 0.335 e. The second-order valence-electron chi connectivity index (χ2n) is 8.24. The van der Waals surface area contributed by atoms with Gasteiger partial charge in [0.05, 0.1) is 5.41 Å². The van der Waals surface area contributed by atoms with Gasteiger partial charge in [0.1, 0.15) is 24.6 Å². The van der Waals surface area contributed by atoms with Crippen LogP contribution in [0, 0.1) is 12.7 Å². The number of aryl methyl sites for hydroxylation is 1. The lowest BCUT2D eigenvalue weighted by molar-refractivity contribution is -0.158. The SMILES string of the molecule is Cc1cc(F)ccc1C1(c2noc(-c3cc(C(F)F)n(CC(=O)N(C)CC(F)(F)F)n3)n2)CC1. The van der Waals surface area contributed by atoms with Gasteiger partial charge in [-0.3, -0.25) is 9.48 Å². The zero-order valence-corrected chi connectivity index (χ0v) is 18.0. The van der Waals surface area contributed by atoms with Crippen LogP contribution in [-0.4, -0.2) is 50.5 Å². The molecule has 1 amide bonds. The van der Waals surface area contributed by atoms with Crippen LogP contribution in [0.1, 0.15) is 41.9 Å². The topological polar surface area (TPSA) is 77.0 Å². The highest BCUT2D eigenvalue weighted by molar-refractivity contribution is 5.75. The molecule has 1 aromatic carbocycles. The van der Waals surface area contributed by atoms with E-state index in [1.165, 1.54) is 12.1 Å². The first-order valence-corrected chi connectivity index (χ1v) is 10.2. The highest BCUT2D eigenvalue weighted by Crippen LogP contribution is 2.53. The molecular weight excluding hydrogens is 468 g/mol. The Bertz CT molecular complexity index is 1210. The quantitative estimate of drug-likeness (QED) is 0.462. The third-order valence-electron chi connectivity index (χ3n) is 5.69. The van der Waals surface area contributed by atoms with Crippen molar-refractivity contribution in [1.29, 1.82) is 0 Å². The van der Waals surface area contributed by atoms with Gasteiger partial charge in [0, 0.05) is 7.05 Å².